The van der Waals surface area contributed by atoms with Gasteiger partial charge in [-0.25, -0.2) is 9.59 Å². The number of ether oxygens (including phenoxy) is 2. The summed E-state index contributed by atoms with van der Waals surface area (Å²) < 4.78 is 11.4. The van der Waals surface area contributed by atoms with Crippen molar-refractivity contribution < 1.29 is 29.3 Å². The van der Waals surface area contributed by atoms with E-state index >= 15 is 0 Å². The molecule has 0 spiro atoms. The number of aliphatic hydroxyl groups is 2. The second-order valence-electron chi connectivity index (χ2n) is 13.1. The number of hydrogen-bond donors (Lipinski definition) is 2. The highest BCUT2D eigenvalue weighted by atomic mass is 16.6. The number of carbonyl (C=O) groups excluding carboxylic acids is 2. The summed E-state index contributed by atoms with van der Waals surface area (Å²) in [5.41, 5.74) is -1.02. The standard InChI is InChI=1S/2C14H20O3/c2*1-9(2)12(15)17-14-6-10-3-11(7-14)5-13(16,4-10)8-14/h2*10-11,16H,1,3-8H2,2H3. The minimum Gasteiger partial charge on any atom is -0.456 e. The third-order valence-corrected chi connectivity index (χ3v) is 9.27. The van der Waals surface area contributed by atoms with Gasteiger partial charge in [0.25, 0.3) is 0 Å². The second-order valence-corrected chi connectivity index (χ2v) is 13.1. The van der Waals surface area contributed by atoms with Gasteiger partial charge in [-0.3, -0.25) is 0 Å². The first kappa shape index (κ1) is 24.1. The van der Waals surface area contributed by atoms with Gasteiger partial charge in [0.1, 0.15) is 11.2 Å². The van der Waals surface area contributed by atoms with Crippen LogP contribution in [0.2, 0.25) is 0 Å². The first-order valence-electron chi connectivity index (χ1n) is 13.0. The van der Waals surface area contributed by atoms with Crippen molar-refractivity contribution in [1.82, 2.24) is 0 Å². The maximum absolute atomic E-state index is 11.7. The van der Waals surface area contributed by atoms with E-state index in [4.69, 9.17) is 9.47 Å². The largest absolute Gasteiger partial charge is 0.456 e. The first-order chi connectivity index (χ1) is 15.8. The quantitative estimate of drug-likeness (QED) is 0.466. The topological polar surface area (TPSA) is 93.1 Å². The number of carbonyl (C=O) groups is 2. The van der Waals surface area contributed by atoms with Crippen LogP contribution in [-0.4, -0.2) is 44.6 Å². The third-order valence-electron chi connectivity index (χ3n) is 9.27. The molecule has 6 heteroatoms. The molecular formula is C28H40O6. The molecule has 0 aromatic carbocycles. The lowest BCUT2D eigenvalue weighted by molar-refractivity contribution is -0.218. The van der Waals surface area contributed by atoms with Crippen LogP contribution in [0.4, 0.5) is 0 Å². The Hall–Kier alpha value is -1.66. The average Bonchev–Trinajstić information content (AvgIpc) is 2.63. The molecule has 34 heavy (non-hydrogen) atoms. The molecule has 8 bridgehead atoms. The van der Waals surface area contributed by atoms with Crippen LogP contribution in [0.5, 0.6) is 0 Å². The van der Waals surface area contributed by atoms with Gasteiger partial charge in [0.05, 0.1) is 11.2 Å². The summed E-state index contributed by atoms with van der Waals surface area (Å²) in [5.74, 6) is 1.57. The van der Waals surface area contributed by atoms with E-state index in [-0.39, 0.29) is 11.9 Å². The minimum absolute atomic E-state index is 0.296. The van der Waals surface area contributed by atoms with E-state index in [1.54, 1.807) is 13.8 Å². The van der Waals surface area contributed by atoms with Gasteiger partial charge in [-0.1, -0.05) is 13.2 Å². The summed E-state index contributed by atoms with van der Waals surface area (Å²) in [4.78, 5) is 23.5. The number of esters is 2. The fourth-order valence-corrected chi connectivity index (χ4v) is 9.07. The van der Waals surface area contributed by atoms with Gasteiger partial charge in [-0.2, -0.15) is 0 Å². The Kier molecular flexibility index (Phi) is 5.61. The Balaban J connectivity index is 0.000000142. The summed E-state index contributed by atoms with van der Waals surface area (Å²) in [5, 5.41) is 21.0. The molecule has 0 radical (unpaired) electrons. The van der Waals surface area contributed by atoms with E-state index in [1.165, 1.54) is 12.8 Å². The van der Waals surface area contributed by atoms with Crippen molar-refractivity contribution >= 4 is 11.9 Å². The molecule has 8 aliphatic carbocycles. The lowest BCUT2D eigenvalue weighted by atomic mass is 9.52. The molecule has 0 aliphatic heterocycles. The highest BCUT2D eigenvalue weighted by Crippen LogP contribution is 2.60. The normalized spacial score (nSPS) is 46.9. The lowest BCUT2D eigenvalue weighted by Crippen LogP contribution is -2.60. The van der Waals surface area contributed by atoms with Crippen molar-refractivity contribution in [3.8, 4) is 0 Å². The van der Waals surface area contributed by atoms with Gasteiger partial charge in [-0.15, -0.1) is 0 Å². The smallest absolute Gasteiger partial charge is 0.333 e. The van der Waals surface area contributed by atoms with E-state index in [1.807, 2.05) is 0 Å². The fourth-order valence-electron chi connectivity index (χ4n) is 9.07. The van der Waals surface area contributed by atoms with Crippen molar-refractivity contribution in [3.05, 3.63) is 24.3 Å². The number of rotatable bonds is 4. The Bertz CT molecular complexity index is 816. The van der Waals surface area contributed by atoms with Gasteiger partial charge in [-0.05, 0) is 102 Å². The zero-order valence-corrected chi connectivity index (χ0v) is 20.7. The van der Waals surface area contributed by atoms with Crippen molar-refractivity contribution in [1.29, 1.82) is 0 Å². The molecule has 4 unspecified atom stereocenters. The predicted octanol–water partition coefficient (Wildman–Crippen LogP) is 4.38. The van der Waals surface area contributed by atoms with Crippen LogP contribution >= 0.6 is 0 Å². The molecule has 0 amide bonds. The van der Waals surface area contributed by atoms with Crippen LogP contribution in [0.3, 0.4) is 0 Å². The van der Waals surface area contributed by atoms with Gasteiger partial charge < -0.3 is 19.7 Å². The Morgan fingerprint density at radius 1 is 0.647 bits per heavy atom. The first-order valence-corrected chi connectivity index (χ1v) is 13.0. The molecule has 8 aliphatic rings. The molecule has 188 valence electrons. The lowest BCUT2D eigenvalue weighted by Gasteiger charge is -2.59. The molecule has 8 rings (SSSR count). The van der Waals surface area contributed by atoms with Gasteiger partial charge in [0, 0.05) is 24.0 Å². The summed E-state index contributed by atoms with van der Waals surface area (Å²) in [6, 6.07) is 0. The molecule has 0 aromatic rings. The highest BCUT2D eigenvalue weighted by molar-refractivity contribution is 5.87. The molecule has 0 aromatic heterocycles. The minimum atomic E-state index is -0.570. The molecule has 8 saturated carbocycles. The predicted molar refractivity (Wildman–Crippen MR) is 127 cm³/mol. The van der Waals surface area contributed by atoms with Crippen LogP contribution in [0.1, 0.15) is 90.9 Å². The monoisotopic (exact) mass is 472 g/mol. The third kappa shape index (κ3) is 4.48. The van der Waals surface area contributed by atoms with E-state index < -0.39 is 22.4 Å². The molecule has 0 heterocycles. The van der Waals surface area contributed by atoms with Crippen LogP contribution in [0.15, 0.2) is 24.3 Å². The van der Waals surface area contributed by atoms with Crippen molar-refractivity contribution in [2.24, 2.45) is 23.7 Å². The van der Waals surface area contributed by atoms with Crippen molar-refractivity contribution in [2.75, 3.05) is 0 Å². The van der Waals surface area contributed by atoms with E-state index in [2.05, 4.69) is 13.2 Å². The van der Waals surface area contributed by atoms with E-state index in [9.17, 15) is 19.8 Å². The van der Waals surface area contributed by atoms with E-state index in [0.717, 1.165) is 51.4 Å². The molecular weight excluding hydrogens is 432 g/mol. The SMILES string of the molecule is C=C(C)C(=O)OC12CC3CC(CC(O)(C3)C1)C2.C=C(C)C(=O)OC12CC3CC(CC(O)(C3)C1)C2. The molecule has 8 fully saturated rings. The summed E-state index contributed by atoms with van der Waals surface area (Å²) in [6.07, 6.45) is 11.0. The zero-order valence-electron chi connectivity index (χ0n) is 20.7. The summed E-state index contributed by atoms with van der Waals surface area (Å²) >= 11 is 0. The van der Waals surface area contributed by atoms with Crippen LogP contribution in [-0.2, 0) is 19.1 Å². The molecule has 4 atom stereocenters. The van der Waals surface area contributed by atoms with Crippen molar-refractivity contribution in [3.63, 3.8) is 0 Å². The van der Waals surface area contributed by atoms with Gasteiger partial charge in [0.2, 0.25) is 0 Å². The molecule has 0 saturated heterocycles. The van der Waals surface area contributed by atoms with Crippen LogP contribution in [0, 0.1) is 23.7 Å². The highest BCUT2D eigenvalue weighted by Gasteiger charge is 2.60. The Morgan fingerprint density at radius 3 is 1.18 bits per heavy atom. The van der Waals surface area contributed by atoms with Crippen LogP contribution < -0.4 is 0 Å². The van der Waals surface area contributed by atoms with Crippen LogP contribution in [0.25, 0.3) is 0 Å². The summed E-state index contributed by atoms with van der Waals surface area (Å²) in [6.45, 7) is 10.6. The molecule has 6 nitrogen and oxygen atoms in total. The van der Waals surface area contributed by atoms with Gasteiger partial charge in [0.15, 0.2) is 0 Å². The molecule has 2 N–H and O–H groups in total. The summed E-state index contributed by atoms with van der Waals surface area (Å²) in [7, 11) is 0. The van der Waals surface area contributed by atoms with Gasteiger partial charge >= 0.3 is 11.9 Å². The average molecular weight is 473 g/mol. The van der Waals surface area contributed by atoms with Crippen molar-refractivity contribution in [2.45, 2.75) is 113 Å². The second kappa shape index (κ2) is 7.92. The van der Waals surface area contributed by atoms with E-state index in [0.29, 0.717) is 47.7 Å². The maximum Gasteiger partial charge on any atom is 0.333 e. The Morgan fingerprint density at radius 2 is 0.941 bits per heavy atom. The Labute approximate surface area is 202 Å². The number of hydrogen-bond acceptors (Lipinski definition) is 6. The fraction of sp³-hybridized carbons (Fsp3) is 0.786. The maximum atomic E-state index is 11.7. The zero-order chi connectivity index (χ0) is 24.5.